The molecule has 0 aliphatic carbocycles. The molecule has 2 rings (SSSR count). The fourth-order valence-electron chi connectivity index (χ4n) is 2.27. The third-order valence-electron chi connectivity index (χ3n) is 3.05. The lowest BCUT2D eigenvalue weighted by atomic mass is 10.0. The smallest absolute Gasteiger partial charge is 0.0412 e. The van der Waals surface area contributed by atoms with Crippen LogP contribution in [-0.2, 0) is 0 Å². The van der Waals surface area contributed by atoms with Gasteiger partial charge in [-0.25, -0.2) is 0 Å². The minimum Gasteiger partial charge on any atom is -0.309 e. The summed E-state index contributed by atoms with van der Waals surface area (Å²) in [5.41, 5.74) is 4.21. The Morgan fingerprint density at radius 1 is 1.12 bits per heavy atom. The lowest BCUT2D eigenvalue weighted by molar-refractivity contribution is 0.517. The van der Waals surface area contributed by atoms with E-state index in [-0.39, 0.29) is 0 Å². The molecule has 0 amide bonds. The Labute approximate surface area is 103 Å². The van der Waals surface area contributed by atoms with Crippen LogP contribution in [0.5, 0.6) is 0 Å². The van der Waals surface area contributed by atoms with Crippen molar-refractivity contribution in [1.82, 2.24) is 5.32 Å². The predicted octanol–water partition coefficient (Wildman–Crippen LogP) is 3.32. The molecular weight excluding hydrogens is 214 g/mol. The number of hydrogen-bond donors (Lipinski definition) is 1. The molecule has 1 aromatic rings. The van der Waals surface area contributed by atoms with Crippen LogP contribution in [0.1, 0.15) is 29.7 Å². The normalized spacial score (nSPS) is 26.4. The second-order valence-corrected chi connectivity index (χ2v) is 6.10. The van der Waals surface area contributed by atoms with Crippen molar-refractivity contribution in [2.75, 3.05) is 18.1 Å². The van der Waals surface area contributed by atoms with Crippen LogP contribution < -0.4 is 5.32 Å². The molecule has 0 aromatic heterocycles. The highest BCUT2D eigenvalue weighted by Gasteiger charge is 2.17. The third-order valence-corrected chi connectivity index (χ3v) is 4.42. The first kappa shape index (κ1) is 12.0. The van der Waals surface area contributed by atoms with E-state index in [4.69, 9.17) is 0 Å². The van der Waals surface area contributed by atoms with Crippen molar-refractivity contribution in [2.24, 2.45) is 5.92 Å². The van der Waals surface area contributed by atoms with Gasteiger partial charge in [-0.3, -0.25) is 0 Å². The minimum absolute atomic E-state index is 0.536. The second kappa shape index (κ2) is 5.24. The van der Waals surface area contributed by atoms with E-state index in [1.807, 2.05) is 0 Å². The molecule has 1 N–H and O–H groups in total. The summed E-state index contributed by atoms with van der Waals surface area (Å²) in [6.07, 6.45) is 0. The molecule has 1 aliphatic heterocycles. The van der Waals surface area contributed by atoms with Gasteiger partial charge < -0.3 is 5.32 Å². The fraction of sp³-hybridized carbons (Fsp3) is 0.571. The molecule has 2 unspecified atom stereocenters. The van der Waals surface area contributed by atoms with Crippen LogP contribution >= 0.6 is 11.8 Å². The van der Waals surface area contributed by atoms with Gasteiger partial charge in [0, 0.05) is 11.8 Å². The predicted molar refractivity (Wildman–Crippen MR) is 73.1 cm³/mol. The van der Waals surface area contributed by atoms with Crippen molar-refractivity contribution < 1.29 is 0 Å². The highest BCUT2D eigenvalue weighted by molar-refractivity contribution is 7.99. The van der Waals surface area contributed by atoms with Gasteiger partial charge in [0.25, 0.3) is 0 Å². The topological polar surface area (TPSA) is 12.0 Å². The molecule has 1 fully saturated rings. The van der Waals surface area contributed by atoms with E-state index in [0.717, 1.165) is 12.5 Å². The molecule has 0 bridgehead atoms. The van der Waals surface area contributed by atoms with Gasteiger partial charge in [0.15, 0.2) is 0 Å². The van der Waals surface area contributed by atoms with E-state index < -0.39 is 0 Å². The summed E-state index contributed by atoms with van der Waals surface area (Å²) < 4.78 is 0. The molecule has 1 aliphatic rings. The van der Waals surface area contributed by atoms with E-state index in [1.165, 1.54) is 28.2 Å². The summed E-state index contributed by atoms with van der Waals surface area (Å²) in [6, 6.07) is 7.42. The summed E-state index contributed by atoms with van der Waals surface area (Å²) in [6.45, 7) is 7.83. The Kier molecular flexibility index (Phi) is 3.93. The highest BCUT2D eigenvalue weighted by atomic mass is 32.2. The average molecular weight is 235 g/mol. The largest absolute Gasteiger partial charge is 0.309 e. The van der Waals surface area contributed by atoms with Crippen molar-refractivity contribution >= 4 is 11.8 Å². The van der Waals surface area contributed by atoms with E-state index in [1.54, 1.807) is 0 Å². The molecule has 0 radical (unpaired) electrons. The molecule has 1 aromatic carbocycles. The van der Waals surface area contributed by atoms with E-state index in [9.17, 15) is 0 Å². The molecule has 0 spiro atoms. The zero-order valence-corrected chi connectivity index (χ0v) is 11.2. The fourth-order valence-corrected chi connectivity index (χ4v) is 3.48. The number of thioether (sulfide) groups is 1. The van der Waals surface area contributed by atoms with Gasteiger partial charge in [0.05, 0.1) is 0 Å². The highest BCUT2D eigenvalue weighted by Crippen LogP contribution is 2.25. The second-order valence-electron chi connectivity index (χ2n) is 5.02. The van der Waals surface area contributed by atoms with Gasteiger partial charge in [-0.15, -0.1) is 0 Å². The van der Waals surface area contributed by atoms with E-state index in [0.29, 0.717) is 6.04 Å². The van der Waals surface area contributed by atoms with Gasteiger partial charge in [0.2, 0.25) is 0 Å². The molecule has 2 atom stereocenters. The molecule has 88 valence electrons. The Morgan fingerprint density at radius 3 is 2.50 bits per heavy atom. The van der Waals surface area contributed by atoms with Crippen molar-refractivity contribution in [3.63, 3.8) is 0 Å². The minimum atomic E-state index is 0.536. The number of nitrogens with one attached hydrogen (secondary N) is 1. The molecule has 16 heavy (non-hydrogen) atoms. The third kappa shape index (κ3) is 3.02. The van der Waals surface area contributed by atoms with Crippen LogP contribution in [0.4, 0.5) is 0 Å². The Hall–Kier alpha value is -0.470. The zero-order valence-electron chi connectivity index (χ0n) is 10.4. The Balaban J connectivity index is 2.16. The van der Waals surface area contributed by atoms with Gasteiger partial charge in [-0.05, 0) is 37.6 Å². The van der Waals surface area contributed by atoms with Gasteiger partial charge in [0.1, 0.15) is 0 Å². The van der Waals surface area contributed by atoms with Crippen LogP contribution in [0.25, 0.3) is 0 Å². The first-order chi connectivity index (χ1) is 7.65. The van der Waals surface area contributed by atoms with Crippen molar-refractivity contribution in [3.8, 4) is 0 Å². The SMILES string of the molecule is Cc1cc(C)cc(C2CSCC(C)CN2)c1. The molecule has 0 saturated carbocycles. The standard InChI is InChI=1S/C14H21NS/c1-10-4-11(2)6-13(5-10)14-9-16-8-12(3)7-15-14/h4-6,12,14-15H,7-9H2,1-3H3. The number of benzene rings is 1. The van der Waals surface area contributed by atoms with Crippen LogP contribution in [0.3, 0.4) is 0 Å². The molecule has 1 heterocycles. The van der Waals surface area contributed by atoms with Crippen LogP contribution in [0, 0.1) is 19.8 Å². The quantitative estimate of drug-likeness (QED) is 0.801. The molecule has 1 nitrogen and oxygen atoms in total. The lowest BCUT2D eigenvalue weighted by Gasteiger charge is -2.17. The van der Waals surface area contributed by atoms with Gasteiger partial charge in [-0.1, -0.05) is 36.2 Å². The molecule has 1 saturated heterocycles. The summed E-state index contributed by atoms with van der Waals surface area (Å²) in [4.78, 5) is 0. The first-order valence-corrected chi connectivity index (χ1v) is 7.20. The van der Waals surface area contributed by atoms with Crippen LogP contribution in [-0.4, -0.2) is 18.1 Å². The first-order valence-electron chi connectivity index (χ1n) is 6.04. The number of hydrogen-bond acceptors (Lipinski definition) is 2. The van der Waals surface area contributed by atoms with Crippen molar-refractivity contribution in [3.05, 3.63) is 34.9 Å². The summed E-state index contributed by atoms with van der Waals surface area (Å²) >= 11 is 2.08. The maximum atomic E-state index is 3.68. The maximum Gasteiger partial charge on any atom is 0.0412 e. The summed E-state index contributed by atoms with van der Waals surface area (Å²) in [7, 11) is 0. The van der Waals surface area contributed by atoms with E-state index in [2.05, 4.69) is 56.0 Å². The van der Waals surface area contributed by atoms with Crippen molar-refractivity contribution in [2.45, 2.75) is 26.8 Å². The monoisotopic (exact) mass is 235 g/mol. The summed E-state index contributed by atoms with van der Waals surface area (Å²) in [5.74, 6) is 3.28. The molecular formula is C14H21NS. The van der Waals surface area contributed by atoms with Crippen LogP contribution in [0.2, 0.25) is 0 Å². The summed E-state index contributed by atoms with van der Waals surface area (Å²) in [5, 5.41) is 3.68. The average Bonchev–Trinajstić information content (AvgIpc) is 2.41. The van der Waals surface area contributed by atoms with Crippen LogP contribution in [0.15, 0.2) is 18.2 Å². The lowest BCUT2D eigenvalue weighted by Crippen LogP contribution is -2.25. The maximum absolute atomic E-state index is 3.68. The Bertz CT molecular complexity index is 342. The Morgan fingerprint density at radius 2 is 1.81 bits per heavy atom. The van der Waals surface area contributed by atoms with E-state index >= 15 is 0 Å². The number of rotatable bonds is 1. The van der Waals surface area contributed by atoms with Gasteiger partial charge >= 0.3 is 0 Å². The molecule has 2 heteroatoms. The van der Waals surface area contributed by atoms with Crippen molar-refractivity contribution in [1.29, 1.82) is 0 Å². The zero-order chi connectivity index (χ0) is 11.5. The number of aryl methyl sites for hydroxylation is 2. The van der Waals surface area contributed by atoms with Gasteiger partial charge in [-0.2, -0.15) is 11.8 Å².